The van der Waals surface area contributed by atoms with Crippen molar-refractivity contribution >= 4 is 17.8 Å². The van der Waals surface area contributed by atoms with Crippen LogP contribution >= 0.6 is 0 Å². The van der Waals surface area contributed by atoms with Crippen molar-refractivity contribution in [3.8, 4) is 0 Å². The molecule has 3 N–H and O–H groups in total. The second kappa shape index (κ2) is 6.36. The Bertz CT molecular complexity index is 704. The fourth-order valence-corrected chi connectivity index (χ4v) is 2.75. The Balaban J connectivity index is 2.48. The van der Waals surface area contributed by atoms with Crippen LogP contribution in [0, 0.1) is 5.92 Å². The van der Waals surface area contributed by atoms with Crippen LogP contribution in [0.2, 0.25) is 0 Å². The summed E-state index contributed by atoms with van der Waals surface area (Å²) in [6, 6.07) is 2.38. The summed E-state index contributed by atoms with van der Waals surface area (Å²) in [6.45, 7) is 0.885. The van der Waals surface area contributed by atoms with Gasteiger partial charge in [-0.25, -0.2) is 9.59 Å². The number of nitrogens with one attached hydrogen (secondary N) is 2. The van der Waals surface area contributed by atoms with Crippen molar-refractivity contribution in [3.05, 3.63) is 35.4 Å². The highest BCUT2D eigenvalue weighted by atomic mass is 19.4. The summed E-state index contributed by atoms with van der Waals surface area (Å²) in [5.74, 6) is -3.65. The Morgan fingerprint density at radius 1 is 1.24 bits per heavy atom. The highest BCUT2D eigenvalue weighted by molar-refractivity contribution is 5.89. The van der Waals surface area contributed by atoms with E-state index < -0.39 is 41.6 Å². The van der Waals surface area contributed by atoms with Crippen molar-refractivity contribution < 1.29 is 37.4 Å². The van der Waals surface area contributed by atoms with Gasteiger partial charge in [0.2, 0.25) is 5.72 Å². The second-order valence-electron chi connectivity index (χ2n) is 5.54. The van der Waals surface area contributed by atoms with Crippen LogP contribution in [0.5, 0.6) is 0 Å². The molecule has 1 aromatic rings. The molecule has 1 aromatic carbocycles. The molecule has 0 aromatic heterocycles. The lowest BCUT2D eigenvalue weighted by molar-refractivity contribution is -0.290. The lowest BCUT2D eigenvalue weighted by atomic mass is 9.79. The molecular weight excluding hydrogens is 345 g/mol. The minimum absolute atomic E-state index is 0.116. The van der Waals surface area contributed by atoms with E-state index in [2.05, 4.69) is 10.1 Å². The number of carbonyl (C=O) groups excluding carboxylic acids is 3. The predicted octanol–water partition coefficient (Wildman–Crippen LogP) is 1.28. The lowest BCUT2D eigenvalue weighted by Gasteiger charge is -2.44. The third-order valence-corrected chi connectivity index (χ3v) is 3.94. The Labute approximate surface area is 140 Å². The molecule has 7 nitrogen and oxygen atoms in total. The van der Waals surface area contributed by atoms with E-state index in [4.69, 9.17) is 0 Å². The zero-order chi connectivity index (χ0) is 19.0. The zero-order valence-electron chi connectivity index (χ0n) is 13.2. The first-order chi connectivity index (χ1) is 11.5. The number of aliphatic hydroxyl groups is 1. The van der Waals surface area contributed by atoms with Crippen molar-refractivity contribution in [3.63, 3.8) is 0 Å². The Morgan fingerprint density at radius 3 is 2.24 bits per heavy atom. The minimum atomic E-state index is -5.27. The van der Waals surface area contributed by atoms with Crippen LogP contribution in [-0.2, 0) is 9.53 Å². The average molecular weight is 360 g/mol. The first-order valence-electron chi connectivity index (χ1n) is 7.07. The lowest BCUT2D eigenvalue weighted by Crippen LogP contribution is -2.72. The van der Waals surface area contributed by atoms with Crippen LogP contribution in [0.3, 0.4) is 0 Å². The largest absolute Gasteiger partial charge is 0.465 e. The molecule has 1 aliphatic heterocycles. The van der Waals surface area contributed by atoms with Gasteiger partial charge in [0, 0.05) is 0 Å². The molecule has 0 spiro atoms. The van der Waals surface area contributed by atoms with Gasteiger partial charge in [0.05, 0.1) is 24.6 Å². The summed E-state index contributed by atoms with van der Waals surface area (Å²) in [4.78, 5) is 34.9. The SMILES string of the molecule is COC(=O)c1ccc([C@@H]2NC(=O)N[C@@](O)(C(F)(F)F)[C@H]2C(C)=O)cc1. The van der Waals surface area contributed by atoms with Crippen molar-refractivity contribution in [2.24, 2.45) is 5.92 Å². The third-order valence-electron chi connectivity index (χ3n) is 3.94. The first kappa shape index (κ1) is 18.7. The van der Waals surface area contributed by atoms with Gasteiger partial charge in [0.15, 0.2) is 0 Å². The van der Waals surface area contributed by atoms with E-state index in [1.165, 1.54) is 36.7 Å². The van der Waals surface area contributed by atoms with E-state index in [0.717, 1.165) is 6.92 Å². The Hall–Kier alpha value is -2.62. The molecule has 2 amide bonds. The summed E-state index contributed by atoms with van der Waals surface area (Å²) in [5, 5.41) is 13.6. The number of hydrogen-bond donors (Lipinski definition) is 3. The molecule has 0 unspecified atom stereocenters. The standard InChI is InChI=1S/C15H15F3N2O5/c1-7(21)10-11(8-3-5-9(6-4-8)12(22)25-2)19-13(23)20-14(10,24)15(16,17)18/h3-6,10-11,24H,1-2H3,(H2,19,20,23)/t10-,11-,14-/m0/s1. The summed E-state index contributed by atoms with van der Waals surface area (Å²) in [7, 11) is 1.17. The van der Waals surface area contributed by atoms with Gasteiger partial charge in [0.25, 0.3) is 0 Å². The molecule has 0 saturated carbocycles. The van der Waals surface area contributed by atoms with Gasteiger partial charge in [-0.1, -0.05) is 12.1 Å². The van der Waals surface area contributed by atoms with Gasteiger partial charge in [0.1, 0.15) is 5.78 Å². The van der Waals surface area contributed by atoms with Crippen molar-refractivity contribution in [1.82, 2.24) is 10.6 Å². The molecular formula is C15H15F3N2O5. The number of alkyl halides is 3. The quantitative estimate of drug-likeness (QED) is 0.705. The number of benzene rings is 1. The Morgan fingerprint density at radius 2 is 1.80 bits per heavy atom. The number of ketones is 1. The van der Waals surface area contributed by atoms with Crippen molar-refractivity contribution in [1.29, 1.82) is 0 Å². The number of methoxy groups -OCH3 is 1. The predicted molar refractivity (Wildman–Crippen MR) is 77.4 cm³/mol. The smallest absolute Gasteiger partial charge is 0.437 e. The number of halogens is 3. The normalized spacial score (nSPS) is 26.4. The van der Waals surface area contributed by atoms with Gasteiger partial charge in [-0.15, -0.1) is 0 Å². The topological polar surface area (TPSA) is 105 Å². The second-order valence-corrected chi connectivity index (χ2v) is 5.54. The monoisotopic (exact) mass is 360 g/mol. The molecule has 3 atom stereocenters. The van der Waals surface area contributed by atoms with E-state index in [0.29, 0.717) is 0 Å². The molecule has 10 heteroatoms. The molecule has 0 bridgehead atoms. The zero-order valence-corrected chi connectivity index (χ0v) is 13.2. The van der Waals surface area contributed by atoms with Crippen LogP contribution in [0.4, 0.5) is 18.0 Å². The summed E-state index contributed by atoms with van der Waals surface area (Å²) in [6.07, 6.45) is -5.27. The number of hydrogen-bond acceptors (Lipinski definition) is 5. The van der Waals surface area contributed by atoms with E-state index in [1.54, 1.807) is 0 Å². The molecule has 1 heterocycles. The fourth-order valence-electron chi connectivity index (χ4n) is 2.75. The highest BCUT2D eigenvalue weighted by Gasteiger charge is 2.65. The van der Waals surface area contributed by atoms with Crippen LogP contribution < -0.4 is 10.6 Å². The van der Waals surface area contributed by atoms with Gasteiger partial charge in [-0.05, 0) is 24.6 Å². The van der Waals surface area contributed by atoms with Gasteiger partial charge in [-0.2, -0.15) is 13.2 Å². The molecule has 136 valence electrons. The van der Waals surface area contributed by atoms with Gasteiger partial charge in [-0.3, -0.25) is 4.79 Å². The van der Waals surface area contributed by atoms with Crippen LogP contribution in [0.15, 0.2) is 24.3 Å². The van der Waals surface area contributed by atoms with E-state index in [1.807, 2.05) is 0 Å². The summed E-state index contributed by atoms with van der Waals surface area (Å²) in [5.41, 5.74) is -3.46. The maximum atomic E-state index is 13.3. The van der Waals surface area contributed by atoms with Crippen molar-refractivity contribution in [2.75, 3.05) is 7.11 Å². The van der Waals surface area contributed by atoms with Crippen LogP contribution in [-0.4, -0.2) is 41.9 Å². The number of ether oxygens (including phenoxy) is 1. The maximum Gasteiger partial charge on any atom is 0.437 e. The van der Waals surface area contributed by atoms with E-state index in [9.17, 15) is 32.7 Å². The molecule has 1 fully saturated rings. The number of esters is 1. The molecule has 1 saturated heterocycles. The highest BCUT2D eigenvalue weighted by Crippen LogP contribution is 2.42. The van der Waals surface area contributed by atoms with Gasteiger partial charge >= 0.3 is 18.2 Å². The molecule has 0 radical (unpaired) electrons. The van der Waals surface area contributed by atoms with E-state index in [-0.39, 0.29) is 11.1 Å². The molecule has 1 aliphatic rings. The fraction of sp³-hybridized carbons (Fsp3) is 0.400. The third kappa shape index (κ3) is 3.29. The van der Waals surface area contributed by atoms with Crippen LogP contribution in [0.1, 0.15) is 28.9 Å². The molecule has 2 rings (SSSR count). The number of carbonyl (C=O) groups is 3. The minimum Gasteiger partial charge on any atom is -0.465 e. The molecule has 25 heavy (non-hydrogen) atoms. The number of amides is 2. The van der Waals surface area contributed by atoms with Crippen LogP contribution in [0.25, 0.3) is 0 Å². The number of rotatable bonds is 3. The maximum absolute atomic E-state index is 13.3. The summed E-state index contributed by atoms with van der Waals surface area (Å²) >= 11 is 0. The van der Waals surface area contributed by atoms with E-state index >= 15 is 0 Å². The average Bonchev–Trinajstić information content (AvgIpc) is 2.52. The van der Waals surface area contributed by atoms with Crippen molar-refractivity contribution in [2.45, 2.75) is 24.9 Å². The number of Topliss-reactive ketones (excluding diaryl/α,β-unsaturated/α-hetero) is 1. The molecule has 0 aliphatic carbocycles. The summed E-state index contributed by atoms with van der Waals surface area (Å²) < 4.78 is 44.4. The van der Waals surface area contributed by atoms with Gasteiger partial charge < -0.3 is 20.5 Å². The first-order valence-corrected chi connectivity index (χ1v) is 7.07. The number of urea groups is 1. The Kier molecular flexibility index (Phi) is 4.76.